The average molecular weight is 221 g/mol. The summed E-state index contributed by atoms with van der Waals surface area (Å²) in [6, 6.07) is 0. The molecule has 2 heterocycles. The summed E-state index contributed by atoms with van der Waals surface area (Å²) in [4.78, 5) is 25.1. The molecule has 0 spiro atoms. The summed E-state index contributed by atoms with van der Waals surface area (Å²) in [5, 5.41) is 3.09. The predicted octanol–water partition coefficient (Wildman–Crippen LogP) is 1.25. The number of anilines is 1. The van der Waals surface area contributed by atoms with E-state index in [1.807, 2.05) is 0 Å². The quantitative estimate of drug-likeness (QED) is 0.663. The molecule has 3 N–H and O–H groups in total. The Morgan fingerprint density at radius 3 is 3.12 bits per heavy atom. The molecule has 6 nitrogen and oxygen atoms in total. The van der Waals surface area contributed by atoms with Crippen molar-refractivity contribution in [3.8, 4) is 0 Å². The topological polar surface area (TPSA) is 86.5 Å². The van der Waals surface area contributed by atoms with Crippen LogP contribution in [0, 0.1) is 0 Å². The number of hydrogen-bond acceptors (Lipinski definition) is 4. The van der Waals surface area contributed by atoms with Crippen LogP contribution >= 0.6 is 0 Å². The Hall–Kier alpha value is -1.85. The number of unbranched alkanes of at least 4 members (excludes halogenated alkanes) is 2. The second-order valence-corrected chi connectivity index (χ2v) is 3.65. The fourth-order valence-corrected chi connectivity index (χ4v) is 1.51. The van der Waals surface area contributed by atoms with Gasteiger partial charge in [0, 0.05) is 6.54 Å². The maximum absolute atomic E-state index is 11.5. The second-order valence-electron chi connectivity index (χ2n) is 3.65. The molecule has 0 saturated heterocycles. The van der Waals surface area contributed by atoms with Gasteiger partial charge in [-0.05, 0) is 6.42 Å². The fourth-order valence-electron chi connectivity index (χ4n) is 1.51. The summed E-state index contributed by atoms with van der Waals surface area (Å²) in [6.45, 7) is 2.97. The molecule has 0 unspecified atom stereocenters. The lowest BCUT2D eigenvalue weighted by molar-refractivity contribution is 0.740. The highest BCUT2D eigenvalue weighted by Gasteiger charge is 2.04. The van der Waals surface area contributed by atoms with Gasteiger partial charge in [-0.1, -0.05) is 19.8 Å². The summed E-state index contributed by atoms with van der Waals surface area (Å²) >= 11 is 0. The highest BCUT2D eigenvalue weighted by Crippen LogP contribution is 2.03. The molecule has 2 aromatic rings. The predicted molar refractivity (Wildman–Crippen MR) is 62.5 cm³/mol. The first kappa shape index (κ1) is 10.7. The molecule has 0 aliphatic rings. The molecule has 2 rings (SSSR count). The largest absolute Gasteiger partial charge is 0.356 e. The lowest BCUT2D eigenvalue weighted by Crippen LogP contribution is -2.13. The van der Waals surface area contributed by atoms with Crippen LogP contribution in [0.25, 0.3) is 11.2 Å². The second kappa shape index (κ2) is 4.78. The van der Waals surface area contributed by atoms with Crippen LogP contribution in [0.3, 0.4) is 0 Å². The maximum Gasteiger partial charge on any atom is 0.280 e. The van der Waals surface area contributed by atoms with Crippen LogP contribution in [0.2, 0.25) is 0 Å². The van der Waals surface area contributed by atoms with Gasteiger partial charge in [-0.2, -0.15) is 4.98 Å². The molecule has 0 bridgehead atoms. The van der Waals surface area contributed by atoms with Crippen molar-refractivity contribution < 1.29 is 0 Å². The molecule has 0 aliphatic carbocycles. The van der Waals surface area contributed by atoms with Crippen molar-refractivity contribution in [3.63, 3.8) is 0 Å². The summed E-state index contributed by atoms with van der Waals surface area (Å²) in [7, 11) is 0. The molecule has 2 aromatic heterocycles. The Bertz CT molecular complexity index is 515. The van der Waals surface area contributed by atoms with E-state index in [2.05, 4.69) is 32.2 Å². The highest BCUT2D eigenvalue weighted by molar-refractivity contribution is 5.69. The maximum atomic E-state index is 11.5. The van der Waals surface area contributed by atoms with Crippen LogP contribution in [-0.2, 0) is 0 Å². The molecule has 6 heteroatoms. The number of nitrogens with one attached hydrogen (secondary N) is 3. The Labute approximate surface area is 92.5 Å². The highest BCUT2D eigenvalue weighted by atomic mass is 16.1. The first-order valence-electron chi connectivity index (χ1n) is 5.48. The summed E-state index contributed by atoms with van der Waals surface area (Å²) < 4.78 is 0. The summed E-state index contributed by atoms with van der Waals surface area (Å²) in [5.74, 6) is 0.498. The van der Waals surface area contributed by atoms with Crippen LogP contribution in [0.1, 0.15) is 26.2 Å². The van der Waals surface area contributed by atoms with Crippen LogP contribution in [-0.4, -0.2) is 26.5 Å². The molecule has 0 aliphatic heterocycles. The van der Waals surface area contributed by atoms with Crippen molar-refractivity contribution >= 4 is 17.1 Å². The van der Waals surface area contributed by atoms with Gasteiger partial charge in [0.25, 0.3) is 5.56 Å². The summed E-state index contributed by atoms with van der Waals surface area (Å²) in [6.07, 6.45) is 4.88. The first-order chi connectivity index (χ1) is 7.81. The van der Waals surface area contributed by atoms with Gasteiger partial charge in [0.15, 0.2) is 11.2 Å². The van der Waals surface area contributed by atoms with Crippen molar-refractivity contribution in [2.75, 3.05) is 11.9 Å². The zero-order chi connectivity index (χ0) is 11.4. The minimum atomic E-state index is -0.218. The van der Waals surface area contributed by atoms with Crippen molar-refractivity contribution in [2.45, 2.75) is 26.2 Å². The van der Waals surface area contributed by atoms with E-state index in [9.17, 15) is 4.79 Å². The van der Waals surface area contributed by atoms with Gasteiger partial charge in [-0.15, -0.1) is 0 Å². The van der Waals surface area contributed by atoms with E-state index >= 15 is 0 Å². The molecule has 0 radical (unpaired) electrons. The van der Waals surface area contributed by atoms with Gasteiger partial charge in [-0.25, -0.2) is 4.98 Å². The Balaban J connectivity index is 2.10. The van der Waals surface area contributed by atoms with Gasteiger partial charge in [0.1, 0.15) is 0 Å². The first-order valence-corrected chi connectivity index (χ1v) is 5.48. The van der Waals surface area contributed by atoms with E-state index < -0.39 is 0 Å². The third kappa shape index (κ3) is 2.21. The van der Waals surface area contributed by atoms with Crippen molar-refractivity contribution in [1.29, 1.82) is 0 Å². The van der Waals surface area contributed by atoms with Crippen molar-refractivity contribution in [3.05, 3.63) is 16.7 Å². The number of aromatic amines is 2. The van der Waals surface area contributed by atoms with Crippen LogP contribution < -0.4 is 10.9 Å². The number of fused-ring (bicyclic) bond motifs is 1. The minimum Gasteiger partial charge on any atom is -0.356 e. The third-order valence-corrected chi connectivity index (χ3v) is 2.36. The molecule has 16 heavy (non-hydrogen) atoms. The summed E-state index contributed by atoms with van der Waals surface area (Å²) in [5.41, 5.74) is 0.644. The Kier molecular flexibility index (Phi) is 3.19. The molecular formula is C10H15N5O. The van der Waals surface area contributed by atoms with E-state index in [1.165, 1.54) is 19.2 Å². The molecule has 0 amide bonds. The third-order valence-electron chi connectivity index (χ3n) is 2.36. The van der Waals surface area contributed by atoms with Crippen molar-refractivity contribution in [2.24, 2.45) is 0 Å². The zero-order valence-electron chi connectivity index (χ0n) is 9.21. The lowest BCUT2D eigenvalue weighted by atomic mass is 10.2. The van der Waals surface area contributed by atoms with Crippen LogP contribution in [0.4, 0.5) is 5.95 Å². The minimum absolute atomic E-state index is 0.218. The van der Waals surface area contributed by atoms with Gasteiger partial charge in [0.2, 0.25) is 5.95 Å². The molecule has 0 aromatic carbocycles. The number of rotatable bonds is 5. The van der Waals surface area contributed by atoms with Gasteiger partial charge >= 0.3 is 0 Å². The fraction of sp³-hybridized carbons (Fsp3) is 0.500. The van der Waals surface area contributed by atoms with Gasteiger partial charge in [0.05, 0.1) is 6.33 Å². The Morgan fingerprint density at radius 2 is 2.31 bits per heavy atom. The van der Waals surface area contributed by atoms with E-state index in [4.69, 9.17) is 0 Å². The smallest absolute Gasteiger partial charge is 0.280 e. The average Bonchev–Trinajstić information content (AvgIpc) is 2.73. The van der Waals surface area contributed by atoms with E-state index in [-0.39, 0.29) is 5.56 Å². The van der Waals surface area contributed by atoms with E-state index in [0.29, 0.717) is 17.1 Å². The van der Waals surface area contributed by atoms with Crippen LogP contribution in [0.15, 0.2) is 11.1 Å². The normalized spacial score (nSPS) is 10.8. The lowest BCUT2D eigenvalue weighted by Gasteiger charge is -2.03. The van der Waals surface area contributed by atoms with Crippen molar-refractivity contribution in [1.82, 2.24) is 19.9 Å². The SMILES string of the molecule is CCCCCNc1nc2[nH]cnc2c(=O)[nH]1. The number of hydrogen-bond donors (Lipinski definition) is 3. The molecular weight excluding hydrogens is 206 g/mol. The van der Waals surface area contributed by atoms with E-state index in [1.54, 1.807) is 0 Å². The zero-order valence-corrected chi connectivity index (χ0v) is 9.21. The monoisotopic (exact) mass is 221 g/mol. The molecule has 0 atom stereocenters. The number of H-pyrrole nitrogens is 2. The van der Waals surface area contributed by atoms with E-state index in [0.717, 1.165) is 13.0 Å². The molecule has 86 valence electrons. The van der Waals surface area contributed by atoms with Gasteiger partial charge < -0.3 is 10.3 Å². The molecule has 0 fully saturated rings. The number of nitrogens with zero attached hydrogens (tertiary/aromatic N) is 2. The molecule has 0 saturated carbocycles. The van der Waals surface area contributed by atoms with Gasteiger partial charge in [-0.3, -0.25) is 9.78 Å². The number of aromatic nitrogens is 4. The Morgan fingerprint density at radius 1 is 1.44 bits per heavy atom. The number of imidazole rings is 1. The standard InChI is InChI=1S/C10H15N5O/c1-2-3-4-5-11-10-14-8-7(9(16)15-10)12-6-13-8/h6H,2-5H2,1H3,(H3,11,12,13,14,15,16). The van der Waals surface area contributed by atoms with Crippen LogP contribution in [0.5, 0.6) is 0 Å².